The van der Waals surface area contributed by atoms with Crippen molar-refractivity contribution in [2.45, 2.75) is 12.6 Å². The first-order chi connectivity index (χ1) is 7.15. The molecule has 0 aromatic heterocycles. The van der Waals surface area contributed by atoms with E-state index in [4.69, 9.17) is 22.1 Å². The molecule has 2 N–H and O–H groups in total. The normalized spacial score (nSPS) is 12.2. The average Bonchev–Trinajstić information content (AvgIpc) is 2.26. The SMILES string of the molecule is N[C@@H](CS)C(=O)OCc1ccccc1Cl. The molecule has 0 saturated heterocycles. The smallest absolute Gasteiger partial charge is 0.324 e. The maximum Gasteiger partial charge on any atom is 0.324 e. The van der Waals surface area contributed by atoms with Crippen LogP contribution in [0.1, 0.15) is 5.56 Å². The summed E-state index contributed by atoms with van der Waals surface area (Å²) in [7, 11) is 0. The molecule has 5 heteroatoms. The largest absolute Gasteiger partial charge is 0.460 e. The van der Waals surface area contributed by atoms with Gasteiger partial charge in [0.25, 0.3) is 0 Å². The maximum atomic E-state index is 11.2. The van der Waals surface area contributed by atoms with Gasteiger partial charge in [0, 0.05) is 16.3 Å². The number of hydrogen-bond donors (Lipinski definition) is 2. The van der Waals surface area contributed by atoms with Crippen molar-refractivity contribution in [1.29, 1.82) is 0 Å². The number of esters is 1. The van der Waals surface area contributed by atoms with Crippen molar-refractivity contribution in [1.82, 2.24) is 0 Å². The lowest BCUT2D eigenvalue weighted by Crippen LogP contribution is -2.33. The van der Waals surface area contributed by atoms with Gasteiger partial charge in [-0.15, -0.1) is 0 Å². The fourth-order valence-electron chi connectivity index (χ4n) is 0.946. The van der Waals surface area contributed by atoms with E-state index < -0.39 is 12.0 Å². The zero-order valence-corrected chi connectivity index (χ0v) is 9.67. The summed E-state index contributed by atoms with van der Waals surface area (Å²) in [4.78, 5) is 11.2. The number of carbonyl (C=O) groups excluding carboxylic acids is 1. The Morgan fingerprint density at radius 1 is 1.53 bits per heavy atom. The molecular weight excluding hydrogens is 234 g/mol. The summed E-state index contributed by atoms with van der Waals surface area (Å²) in [5.74, 6) is -0.202. The summed E-state index contributed by atoms with van der Waals surface area (Å²) in [5.41, 5.74) is 6.20. The van der Waals surface area contributed by atoms with Crippen molar-refractivity contribution in [2.24, 2.45) is 5.73 Å². The maximum absolute atomic E-state index is 11.2. The Labute approximate surface area is 99.0 Å². The molecule has 0 amide bonds. The molecule has 1 rings (SSSR count). The Bertz CT molecular complexity index is 346. The Kier molecular flexibility index (Phi) is 4.94. The van der Waals surface area contributed by atoms with E-state index in [1.807, 2.05) is 12.1 Å². The van der Waals surface area contributed by atoms with E-state index in [0.717, 1.165) is 5.56 Å². The Balaban J connectivity index is 2.51. The van der Waals surface area contributed by atoms with Crippen LogP contribution in [0.25, 0.3) is 0 Å². The van der Waals surface area contributed by atoms with Gasteiger partial charge in [-0.1, -0.05) is 29.8 Å². The van der Waals surface area contributed by atoms with Crippen LogP contribution in [0, 0.1) is 0 Å². The lowest BCUT2D eigenvalue weighted by molar-refractivity contribution is -0.145. The van der Waals surface area contributed by atoms with E-state index >= 15 is 0 Å². The van der Waals surface area contributed by atoms with Crippen LogP contribution in [-0.4, -0.2) is 17.8 Å². The van der Waals surface area contributed by atoms with E-state index in [1.54, 1.807) is 12.1 Å². The van der Waals surface area contributed by atoms with E-state index in [9.17, 15) is 4.79 Å². The third kappa shape index (κ3) is 3.74. The Hall–Kier alpha value is -0.710. The molecule has 0 bridgehead atoms. The minimum Gasteiger partial charge on any atom is -0.460 e. The lowest BCUT2D eigenvalue weighted by Gasteiger charge is -2.09. The molecule has 82 valence electrons. The van der Waals surface area contributed by atoms with Crippen LogP contribution >= 0.6 is 24.2 Å². The summed E-state index contributed by atoms with van der Waals surface area (Å²) in [6, 6.07) is 6.49. The van der Waals surface area contributed by atoms with Crippen molar-refractivity contribution in [2.75, 3.05) is 5.75 Å². The molecule has 0 radical (unpaired) electrons. The van der Waals surface area contributed by atoms with Crippen LogP contribution in [0.3, 0.4) is 0 Å². The summed E-state index contributed by atoms with van der Waals surface area (Å²) in [6.07, 6.45) is 0. The molecule has 0 spiro atoms. The highest BCUT2D eigenvalue weighted by atomic mass is 35.5. The van der Waals surface area contributed by atoms with Gasteiger partial charge in [-0.05, 0) is 6.07 Å². The van der Waals surface area contributed by atoms with Crippen LogP contribution in [0.2, 0.25) is 5.02 Å². The highest BCUT2D eigenvalue weighted by molar-refractivity contribution is 7.80. The fraction of sp³-hybridized carbons (Fsp3) is 0.300. The van der Waals surface area contributed by atoms with E-state index in [0.29, 0.717) is 5.02 Å². The first-order valence-electron chi connectivity index (χ1n) is 4.41. The second-order valence-electron chi connectivity index (χ2n) is 2.99. The van der Waals surface area contributed by atoms with Crippen molar-refractivity contribution >= 4 is 30.2 Å². The molecule has 0 heterocycles. The van der Waals surface area contributed by atoms with Gasteiger partial charge < -0.3 is 10.5 Å². The lowest BCUT2D eigenvalue weighted by atomic mass is 10.2. The third-order valence-corrected chi connectivity index (χ3v) is 2.59. The number of hydrogen-bond acceptors (Lipinski definition) is 4. The van der Waals surface area contributed by atoms with E-state index in [2.05, 4.69) is 12.6 Å². The predicted octanol–water partition coefficient (Wildman–Crippen LogP) is 1.64. The molecule has 0 aliphatic heterocycles. The number of nitrogens with two attached hydrogens (primary N) is 1. The van der Waals surface area contributed by atoms with Gasteiger partial charge in [-0.3, -0.25) is 4.79 Å². The summed E-state index contributed by atoms with van der Waals surface area (Å²) in [6.45, 7) is 0.139. The predicted molar refractivity (Wildman–Crippen MR) is 63.1 cm³/mol. The number of ether oxygens (including phenoxy) is 1. The highest BCUT2D eigenvalue weighted by Crippen LogP contribution is 2.15. The van der Waals surface area contributed by atoms with Crippen LogP contribution in [0.15, 0.2) is 24.3 Å². The zero-order valence-electron chi connectivity index (χ0n) is 8.02. The number of halogens is 1. The van der Waals surface area contributed by atoms with Crippen molar-refractivity contribution < 1.29 is 9.53 Å². The van der Waals surface area contributed by atoms with Crippen molar-refractivity contribution in [3.8, 4) is 0 Å². The van der Waals surface area contributed by atoms with Gasteiger partial charge in [0.05, 0.1) is 0 Å². The van der Waals surface area contributed by atoms with Crippen LogP contribution < -0.4 is 5.73 Å². The van der Waals surface area contributed by atoms with Gasteiger partial charge in [0.1, 0.15) is 12.6 Å². The minimum absolute atomic E-state index is 0.139. The summed E-state index contributed by atoms with van der Waals surface area (Å²) >= 11 is 9.79. The van der Waals surface area contributed by atoms with Crippen LogP contribution in [-0.2, 0) is 16.1 Å². The molecule has 1 aromatic rings. The molecule has 0 aliphatic carbocycles. The van der Waals surface area contributed by atoms with Gasteiger partial charge in [-0.2, -0.15) is 12.6 Å². The van der Waals surface area contributed by atoms with Gasteiger partial charge >= 0.3 is 5.97 Å². The molecule has 0 fully saturated rings. The Morgan fingerprint density at radius 3 is 2.80 bits per heavy atom. The van der Waals surface area contributed by atoms with Crippen LogP contribution in [0.5, 0.6) is 0 Å². The molecule has 1 aromatic carbocycles. The quantitative estimate of drug-likeness (QED) is 0.626. The zero-order chi connectivity index (χ0) is 11.3. The average molecular weight is 246 g/mol. The fourth-order valence-corrected chi connectivity index (χ4v) is 1.29. The molecule has 0 aliphatic rings. The number of rotatable bonds is 4. The second kappa shape index (κ2) is 6.00. The van der Waals surface area contributed by atoms with E-state index in [-0.39, 0.29) is 12.4 Å². The topological polar surface area (TPSA) is 52.3 Å². The summed E-state index contributed by atoms with van der Waals surface area (Å²) < 4.78 is 4.96. The van der Waals surface area contributed by atoms with Gasteiger partial charge in [0.2, 0.25) is 0 Å². The number of benzene rings is 1. The first kappa shape index (κ1) is 12.4. The molecule has 3 nitrogen and oxygen atoms in total. The molecular formula is C10H12ClNO2S. The van der Waals surface area contributed by atoms with Crippen molar-refractivity contribution in [3.05, 3.63) is 34.9 Å². The van der Waals surface area contributed by atoms with Crippen LogP contribution in [0.4, 0.5) is 0 Å². The monoisotopic (exact) mass is 245 g/mol. The first-order valence-corrected chi connectivity index (χ1v) is 5.42. The highest BCUT2D eigenvalue weighted by Gasteiger charge is 2.13. The third-order valence-electron chi connectivity index (χ3n) is 1.83. The van der Waals surface area contributed by atoms with Gasteiger partial charge in [-0.25, -0.2) is 0 Å². The molecule has 1 atom stereocenters. The Morgan fingerprint density at radius 2 is 2.20 bits per heavy atom. The molecule has 15 heavy (non-hydrogen) atoms. The van der Waals surface area contributed by atoms with Crippen molar-refractivity contribution in [3.63, 3.8) is 0 Å². The molecule has 0 saturated carbocycles. The summed E-state index contributed by atoms with van der Waals surface area (Å²) in [5, 5.41) is 0.574. The standard InChI is InChI=1S/C10H12ClNO2S/c11-8-4-2-1-3-7(8)5-14-10(13)9(12)6-15/h1-4,9,15H,5-6,12H2/t9-/m0/s1. The number of thiol groups is 1. The number of carbonyl (C=O) groups is 1. The van der Waals surface area contributed by atoms with Gasteiger partial charge in [0.15, 0.2) is 0 Å². The second-order valence-corrected chi connectivity index (χ2v) is 3.76. The minimum atomic E-state index is -0.684. The molecule has 0 unspecified atom stereocenters. The van der Waals surface area contributed by atoms with E-state index in [1.165, 1.54) is 0 Å².